The van der Waals surface area contributed by atoms with Crippen LogP contribution in [-0.4, -0.2) is 52.5 Å². The van der Waals surface area contributed by atoms with Crippen LogP contribution in [0.4, 0.5) is 5.69 Å². The second kappa shape index (κ2) is 7.71. The molecule has 0 saturated carbocycles. The Hall–Kier alpha value is -3.81. The number of nitrogens with zero attached hydrogens (tertiary/aromatic N) is 3. The van der Waals surface area contributed by atoms with Crippen LogP contribution in [0, 0.1) is 0 Å². The van der Waals surface area contributed by atoms with E-state index >= 15 is 0 Å². The summed E-state index contributed by atoms with van der Waals surface area (Å²) in [4.78, 5) is 40.4. The topological polar surface area (TPSA) is 94.9 Å². The lowest BCUT2D eigenvalue weighted by Crippen LogP contribution is -2.51. The molecule has 3 aromatic rings. The van der Waals surface area contributed by atoms with Crippen molar-refractivity contribution in [3.05, 3.63) is 65.4 Å². The zero-order valence-electron chi connectivity index (χ0n) is 17.7. The van der Waals surface area contributed by atoms with Crippen molar-refractivity contribution in [2.75, 3.05) is 25.0 Å². The van der Waals surface area contributed by atoms with Crippen molar-refractivity contribution in [2.24, 2.45) is 0 Å². The van der Waals surface area contributed by atoms with Crippen molar-refractivity contribution in [3.8, 4) is 0 Å². The molecular weight excluding hydrogens is 408 g/mol. The molecule has 0 aliphatic carbocycles. The Morgan fingerprint density at radius 3 is 2.69 bits per heavy atom. The maximum atomic E-state index is 13.3. The number of fused-ring (bicyclic) bond motifs is 6. The highest BCUT2D eigenvalue weighted by atomic mass is 16.4. The van der Waals surface area contributed by atoms with Crippen LogP contribution in [0.5, 0.6) is 0 Å². The number of benzene rings is 2. The molecule has 5 rings (SSSR count). The number of carboxylic acids is 1. The number of aromatic nitrogens is 1. The lowest BCUT2D eigenvalue weighted by atomic mass is 9.96. The van der Waals surface area contributed by atoms with Gasteiger partial charge in [0.1, 0.15) is 12.7 Å². The van der Waals surface area contributed by atoms with Crippen LogP contribution < -0.4 is 10.2 Å². The van der Waals surface area contributed by atoms with Crippen LogP contribution in [0.3, 0.4) is 0 Å². The summed E-state index contributed by atoms with van der Waals surface area (Å²) in [5, 5.41) is 12.4. The van der Waals surface area contributed by atoms with E-state index in [-0.39, 0.29) is 24.4 Å². The summed E-state index contributed by atoms with van der Waals surface area (Å²) >= 11 is 0. The Balaban J connectivity index is 1.58. The molecule has 0 unspecified atom stereocenters. The monoisotopic (exact) mass is 432 g/mol. The summed E-state index contributed by atoms with van der Waals surface area (Å²) in [6.07, 6.45) is 0.627. The first-order valence-electron chi connectivity index (χ1n) is 10.7. The molecule has 3 heterocycles. The zero-order chi connectivity index (χ0) is 22.4. The minimum absolute atomic E-state index is 0.0188. The number of anilines is 1. The molecule has 2 aliphatic heterocycles. The van der Waals surface area contributed by atoms with Crippen molar-refractivity contribution in [1.29, 1.82) is 0 Å². The lowest BCUT2D eigenvalue weighted by Gasteiger charge is -2.46. The number of nitrogens with one attached hydrogen (secondary N) is 1. The third kappa shape index (κ3) is 3.10. The number of rotatable bonds is 5. The van der Waals surface area contributed by atoms with Gasteiger partial charge in [0.05, 0.1) is 16.9 Å². The van der Waals surface area contributed by atoms with Gasteiger partial charge in [0.15, 0.2) is 0 Å². The van der Waals surface area contributed by atoms with E-state index in [9.17, 15) is 14.4 Å². The van der Waals surface area contributed by atoms with Gasteiger partial charge in [-0.3, -0.25) is 14.4 Å². The molecule has 1 atom stereocenters. The molecule has 0 fully saturated rings. The highest BCUT2D eigenvalue weighted by Crippen LogP contribution is 2.44. The average Bonchev–Trinajstić information content (AvgIpc) is 3.13. The van der Waals surface area contributed by atoms with Gasteiger partial charge in [-0.15, -0.1) is 0 Å². The van der Waals surface area contributed by atoms with Crippen LogP contribution in [0.2, 0.25) is 0 Å². The summed E-state index contributed by atoms with van der Waals surface area (Å²) in [6.45, 7) is 0.630. The first kappa shape index (κ1) is 20.1. The van der Waals surface area contributed by atoms with Gasteiger partial charge in [-0.2, -0.15) is 0 Å². The van der Waals surface area contributed by atoms with Gasteiger partial charge in [0.25, 0.3) is 5.91 Å². The molecule has 2 aromatic carbocycles. The van der Waals surface area contributed by atoms with E-state index in [1.54, 1.807) is 0 Å². The normalized spacial score (nSPS) is 17.0. The third-order valence-electron chi connectivity index (χ3n) is 6.40. The van der Waals surface area contributed by atoms with Crippen molar-refractivity contribution in [2.45, 2.75) is 25.6 Å². The van der Waals surface area contributed by atoms with Crippen LogP contribution >= 0.6 is 0 Å². The van der Waals surface area contributed by atoms with Crippen molar-refractivity contribution in [3.63, 3.8) is 0 Å². The van der Waals surface area contributed by atoms with Crippen molar-refractivity contribution < 1.29 is 19.5 Å². The number of aliphatic carboxylic acids is 1. The zero-order valence-corrected chi connectivity index (χ0v) is 17.7. The van der Waals surface area contributed by atoms with E-state index in [0.29, 0.717) is 18.7 Å². The predicted octanol–water partition coefficient (Wildman–Crippen LogP) is 2.38. The highest BCUT2D eigenvalue weighted by molar-refractivity contribution is 6.02. The Morgan fingerprint density at radius 1 is 1.12 bits per heavy atom. The molecular formula is C24H24N4O4. The molecule has 0 bridgehead atoms. The standard InChI is InChI=1S/C24H24N4O4/c1-26-18-8-4-3-7-17(18)24(32)28-12-10-16-15-6-2-5-9-19(15)27(22(16)23(26)28)13-11-20(29)25-14-21(30)31/h2-9,23H,10-14H2,1H3,(H,25,29)(H,30,31)/t23-/m1/s1. The van der Waals surface area contributed by atoms with Gasteiger partial charge in [-0.05, 0) is 30.2 Å². The fourth-order valence-electron chi connectivity index (χ4n) is 5.03. The maximum absolute atomic E-state index is 13.3. The van der Waals surface area contributed by atoms with Crippen LogP contribution in [0.15, 0.2) is 48.5 Å². The molecule has 164 valence electrons. The van der Waals surface area contributed by atoms with Gasteiger partial charge in [0.2, 0.25) is 5.91 Å². The van der Waals surface area contributed by atoms with Gasteiger partial charge in [0, 0.05) is 37.5 Å². The number of para-hydroxylation sites is 2. The molecule has 0 radical (unpaired) electrons. The number of amides is 2. The minimum Gasteiger partial charge on any atom is -0.480 e. The first-order chi connectivity index (χ1) is 15.5. The van der Waals surface area contributed by atoms with E-state index in [4.69, 9.17) is 5.11 Å². The molecule has 8 nitrogen and oxygen atoms in total. The molecule has 0 saturated heterocycles. The van der Waals surface area contributed by atoms with Gasteiger partial charge < -0.3 is 24.8 Å². The first-order valence-corrected chi connectivity index (χ1v) is 10.7. The summed E-state index contributed by atoms with van der Waals surface area (Å²) in [5.41, 5.74) is 4.83. The Labute approximate surface area is 185 Å². The fourth-order valence-corrected chi connectivity index (χ4v) is 5.03. The van der Waals surface area contributed by atoms with E-state index in [1.807, 2.05) is 54.4 Å². The largest absolute Gasteiger partial charge is 0.480 e. The van der Waals surface area contributed by atoms with E-state index < -0.39 is 12.5 Å². The molecule has 8 heteroatoms. The molecule has 0 spiro atoms. The van der Waals surface area contributed by atoms with Crippen LogP contribution in [0.1, 0.15) is 34.2 Å². The predicted molar refractivity (Wildman–Crippen MR) is 120 cm³/mol. The summed E-state index contributed by atoms with van der Waals surface area (Å²) in [6, 6.07) is 15.7. The quantitative estimate of drug-likeness (QED) is 0.646. The van der Waals surface area contributed by atoms with Crippen LogP contribution in [-0.2, 0) is 22.6 Å². The summed E-state index contributed by atoms with van der Waals surface area (Å²) in [5.74, 6) is -1.37. The minimum atomic E-state index is -1.07. The van der Waals surface area contributed by atoms with Crippen molar-refractivity contribution in [1.82, 2.24) is 14.8 Å². The highest BCUT2D eigenvalue weighted by Gasteiger charge is 2.42. The molecule has 2 N–H and O–H groups in total. The smallest absolute Gasteiger partial charge is 0.322 e. The third-order valence-corrected chi connectivity index (χ3v) is 6.40. The Morgan fingerprint density at radius 2 is 1.88 bits per heavy atom. The van der Waals surface area contributed by atoms with Crippen molar-refractivity contribution >= 4 is 34.4 Å². The maximum Gasteiger partial charge on any atom is 0.322 e. The fraction of sp³-hybridized carbons (Fsp3) is 0.292. The van der Waals surface area contributed by atoms with E-state index in [2.05, 4.69) is 20.9 Å². The summed E-state index contributed by atoms with van der Waals surface area (Å²) in [7, 11) is 2.00. The molecule has 2 amide bonds. The second-order valence-electron chi connectivity index (χ2n) is 8.20. The molecule has 1 aromatic heterocycles. The SMILES string of the molecule is CN1c2ccccc2C(=O)N2CCc3c(n(CCC(=O)NCC(=O)O)c4ccccc34)[C@@H]21. The Bertz CT molecular complexity index is 1250. The number of carbonyl (C=O) groups is 3. The van der Waals surface area contributed by atoms with Gasteiger partial charge in [-0.25, -0.2) is 0 Å². The summed E-state index contributed by atoms with van der Waals surface area (Å²) < 4.78 is 2.12. The van der Waals surface area contributed by atoms with Gasteiger partial charge in [-0.1, -0.05) is 30.3 Å². The average molecular weight is 432 g/mol. The van der Waals surface area contributed by atoms with E-state index in [1.165, 1.54) is 5.56 Å². The van der Waals surface area contributed by atoms with Crippen LogP contribution in [0.25, 0.3) is 10.9 Å². The molecule has 2 aliphatic rings. The number of carbonyl (C=O) groups excluding carboxylic acids is 2. The van der Waals surface area contributed by atoms with E-state index in [0.717, 1.165) is 28.7 Å². The number of hydrogen-bond donors (Lipinski definition) is 2. The number of aryl methyl sites for hydroxylation is 1. The Kier molecular flexibility index (Phi) is 4.84. The molecule has 32 heavy (non-hydrogen) atoms. The van der Waals surface area contributed by atoms with Gasteiger partial charge >= 0.3 is 5.97 Å². The number of hydrogen-bond acceptors (Lipinski definition) is 4. The lowest BCUT2D eigenvalue weighted by molar-refractivity contribution is -0.137. The number of carboxylic acid groups (broad SMARTS) is 1. The second-order valence-corrected chi connectivity index (χ2v) is 8.20.